The standard InChI is InChI=1S/C18H28N2O/c1-4-19-17-14-7-5-6-8-16(14)21-13-15(17)20-11-9-18(2,3)10-12-20/h5-8,15,17,19H,4,9-13H2,1-3H3. The Morgan fingerprint density at radius 2 is 1.95 bits per heavy atom. The minimum atomic E-state index is 0.390. The Labute approximate surface area is 128 Å². The molecular formula is C18H28N2O. The maximum Gasteiger partial charge on any atom is 0.124 e. The zero-order chi connectivity index (χ0) is 14.9. The van der Waals surface area contributed by atoms with E-state index in [1.165, 1.54) is 31.5 Å². The molecule has 2 atom stereocenters. The third-order valence-corrected chi connectivity index (χ3v) is 5.09. The van der Waals surface area contributed by atoms with Crippen LogP contribution in [-0.4, -0.2) is 37.2 Å². The number of piperidine rings is 1. The Morgan fingerprint density at radius 1 is 1.24 bits per heavy atom. The van der Waals surface area contributed by atoms with E-state index in [0.29, 0.717) is 17.5 Å². The van der Waals surface area contributed by atoms with Gasteiger partial charge in [0.25, 0.3) is 0 Å². The van der Waals surface area contributed by atoms with Crippen LogP contribution < -0.4 is 10.1 Å². The van der Waals surface area contributed by atoms with Crippen LogP contribution in [0.4, 0.5) is 0 Å². The van der Waals surface area contributed by atoms with Crippen molar-refractivity contribution in [1.29, 1.82) is 0 Å². The molecule has 21 heavy (non-hydrogen) atoms. The normalized spacial score (nSPS) is 28.7. The number of hydrogen-bond acceptors (Lipinski definition) is 3. The first kappa shape index (κ1) is 14.9. The highest BCUT2D eigenvalue weighted by Crippen LogP contribution is 2.37. The molecule has 2 aliphatic rings. The average Bonchev–Trinajstić information content (AvgIpc) is 2.48. The summed E-state index contributed by atoms with van der Waals surface area (Å²) >= 11 is 0. The van der Waals surface area contributed by atoms with E-state index in [0.717, 1.165) is 18.9 Å². The molecule has 1 aromatic rings. The Kier molecular flexibility index (Phi) is 4.23. The molecule has 2 heterocycles. The first-order valence-electron chi connectivity index (χ1n) is 8.30. The zero-order valence-electron chi connectivity index (χ0n) is 13.6. The van der Waals surface area contributed by atoms with Gasteiger partial charge in [-0.2, -0.15) is 0 Å². The fraction of sp³-hybridized carbons (Fsp3) is 0.667. The van der Waals surface area contributed by atoms with Crippen molar-refractivity contribution in [1.82, 2.24) is 10.2 Å². The van der Waals surface area contributed by atoms with Crippen molar-refractivity contribution in [2.45, 2.75) is 45.7 Å². The van der Waals surface area contributed by atoms with Gasteiger partial charge in [-0.25, -0.2) is 0 Å². The second-order valence-corrected chi connectivity index (χ2v) is 7.15. The van der Waals surface area contributed by atoms with Gasteiger partial charge in [-0.15, -0.1) is 0 Å². The second-order valence-electron chi connectivity index (χ2n) is 7.15. The fourth-order valence-corrected chi connectivity index (χ4v) is 3.59. The van der Waals surface area contributed by atoms with E-state index in [4.69, 9.17) is 4.74 Å². The van der Waals surface area contributed by atoms with Crippen molar-refractivity contribution in [3.05, 3.63) is 29.8 Å². The van der Waals surface area contributed by atoms with Gasteiger partial charge in [0.2, 0.25) is 0 Å². The maximum atomic E-state index is 6.04. The molecule has 2 aliphatic heterocycles. The summed E-state index contributed by atoms with van der Waals surface area (Å²) in [7, 11) is 0. The lowest BCUT2D eigenvalue weighted by atomic mass is 9.81. The summed E-state index contributed by atoms with van der Waals surface area (Å²) in [5, 5.41) is 3.69. The minimum Gasteiger partial charge on any atom is -0.492 e. The average molecular weight is 288 g/mol. The predicted octanol–water partition coefficient (Wildman–Crippen LogP) is 3.22. The first-order valence-corrected chi connectivity index (χ1v) is 8.30. The number of benzene rings is 1. The number of ether oxygens (including phenoxy) is 1. The lowest BCUT2D eigenvalue weighted by Gasteiger charge is -2.45. The smallest absolute Gasteiger partial charge is 0.124 e. The van der Waals surface area contributed by atoms with Gasteiger partial charge in [-0.05, 0) is 44.0 Å². The summed E-state index contributed by atoms with van der Waals surface area (Å²) < 4.78 is 6.04. The van der Waals surface area contributed by atoms with Gasteiger partial charge in [0, 0.05) is 5.56 Å². The monoisotopic (exact) mass is 288 g/mol. The second kappa shape index (κ2) is 5.98. The first-order chi connectivity index (χ1) is 10.1. The summed E-state index contributed by atoms with van der Waals surface area (Å²) in [5.41, 5.74) is 1.82. The molecule has 0 aliphatic carbocycles. The van der Waals surface area contributed by atoms with Crippen molar-refractivity contribution >= 4 is 0 Å². The molecule has 1 saturated heterocycles. The van der Waals surface area contributed by atoms with Crippen molar-refractivity contribution in [2.75, 3.05) is 26.2 Å². The van der Waals surface area contributed by atoms with Crippen molar-refractivity contribution in [3.8, 4) is 5.75 Å². The third kappa shape index (κ3) is 3.09. The van der Waals surface area contributed by atoms with Gasteiger partial charge in [0.15, 0.2) is 0 Å². The largest absolute Gasteiger partial charge is 0.492 e. The topological polar surface area (TPSA) is 24.5 Å². The van der Waals surface area contributed by atoms with E-state index >= 15 is 0 Å². The highest BCUT2D eigenvalue weighted by molar-refractivity contribution is 5.38. The Balaban J connectivity index is 1.79. The zero-order valence-corrected chi connectivity index (χ0v) is 13.6. The molecule has 2 unspecified atom stereocenters. The molecular weight excluding hydrogens is 260 g/mol. The van der Waals surface area contributed by atoms with E-state index < -0.39 is 0 Å². The van der Waals surface area contributed by atoms with Crippen LogP contribution in [0.1, 0.15) is 45.2 Å². The summed E-state index contributed by atoms with van der Waals surface area (Å²) in [6.07, 6.45) is 2.56. The number of rotatable bonds is 3. The molecule has 0 spiro atoms. The van der Waals surface area contributed by atoms with Gasteiger partial charge >= 0.3 is 0 Å². The number of likely N-dealkylation sites (tertiary alicyclic amines) is 1. The van der Waals surface area contributed by atoms with Gasteiger partial charge in [-0.1, -0.05) is 39.0 Å². The molecule has 0 radical (unpaired) electrons. The Morgan fingerprint density at radius 3 is 2.67 bits per heavy atom. The number of para-hydroxylation sites is 1. The summed E-state index contributed by atoms with van der Waals surface area (Å²) in [6.45, 7) is 11.1. The molecule has 0 saturated carbocycles. The predicted molar refractivity (Wildman–Crippen MR) is 86.7 cm³/mol. The van der Waals surface area contributed by atoms with Gasteiger partial charge in [0.1, 0.15) is 12.4 Å². The molecule has 3 heteroatoms. The van der Waals surface area contributed by atoms with Crippen LogP contribution in [0.25, 0.3) is 0 Å². The Bertz CT molecular complexity index is 476. The highest BCUT2D eigenvalue weighted by atomic mass is 16.5. The minimum absolute atomic E-state index is 0.390. The number of nitrogens with one attached hydrogen (secondary N) is 1. The van der Waals surface area contributed by atoms with Crippen LogP contribution in [0.3, 0.4) is 0 Å². The van der Waals surface area contributed by atoms with Crippen LogP contribution >= 0.6 is 0 Å². The van der Waals surface area contributed by atoms with Crippen molar-refractivity contribution < 1.29 is 4.74 Å². The number of hydrogen-bond donors (Lipinski definition) is 1. The van der Waals surface area contributed by atoms with Crippen LogP contribution in [0, 0.1) is 5.41 Å². The SMILES string of the molecule is CCNC1c2ccccc2OCC1N1CCC(C)(C)CC1. The molecule has 116 valence electrons. The molecule has 1 fully saturated rings. The molecule has 3 rings (SSSR count). The maximum absolute atomic E-state index is 6.04. The molecule has 1 N–H and O–H groups in total. The van der Waals surface area contributed by atoms with E-state index in [1.807, 2.05) is 0 Å². The molecule has 0 aromatic heterocycles. The van der Waals surface area contributed by atoms with E-state index in [9.17, 15) is 0 Å². The van der Waals surface area contributed by atoms with Crippen LogP contribution in [-0.2, 0) is 0 Å². The van der Waals surface area contributed by atoms with Crippen molar-refractivity contribution in [2.24, 2.45) is 5.41 Å². The fourth-order valence-electron chi connectivity index (χ4n) is 3.59. The molecule has 0 amide bonds. The van der Waals surface area contributed by atoms with Gasteiger partial charge in [0.05, 0.1) is 12.1 Å². The van der Waals surface area contributed by atoms with Gasteiger partial charge in [-0.3, -0.25) is 4.90 Å². The number of likely N-dealkylation sites (N-methyl/N-ethyl adjacent to an activating group) is 1. The van der Waals surface area contributed by atoms with Gasteiger partial charge < -0.3 is 10.1 Å². The molecule has 0 bridgehead atoms. The number of fused-ring (bicyclic) bond motifs is 1. The summed E-state index contributed by atoms with van der Waals surface area (Å²) in [6, 6.07) is 9.33. The Hall–Kier alpha value is -1.06. The van der Waals surface area contributed by atoms with Crippen LogP contribution in [0.2, 0.25) is 0 Å². The van der Waals surface area contributed by atoms with Crippen LogP contribution in [0.5, 0.6) is 5.75 Å². The highest BCUT2D eigenvalue weighted by Gasteiger charge is 2.37. The number of nitrogens with zero attached hydrogens (tertiary/aromatic N) is 1. The lowest BCUT2D eigenvalue weighted by Crippen LogP contribution is -2.53. The molecule has 3 nitrogen and oxygen atoms in total. The molecule has 1 aromatic carbocycles. The third-order valence-electron chi connectivity index (χ3n) is 5.09. The summed E-state index contributed by atoms with van der Waals surface area (Å²) in [5.74, 6) is 1.05. The van der Waals surface area contributed by atoms with Crippen molar-refractivity contribution in [3.63, 3.8) is 0 Å². The lowest BCUT2D eigenvalue weighted by molar-refractivity contribution is 0.0392. The summed E-state index contributed by atoms with van der Waals surface area (Å²) in [4.78, 5) is 2.63. The van der Waals surface area contributed by atoms with Crippen LogP contribution in [0.15, 0.2) is 24.3 Å². The van der Waals surface area contributed by atoms with E-state index in [-0.39, 0.29) is 0 Å². The van der Waals surface area contributed by atoms with E-state index in [1.54, 1.807) is 0 Å². The quantitative estimate of drug-likeness (QED) is 0.924. The van der Waals surface area contributed by atoms with E-state index in [2.05, 4.69) is 55.3 Å².